The predicted molar refractivity (Wildman–Crippen MR) is 160 cm³/mol. The quantitative estimate of drug-likeness (QED) is 0.0675. The molecule has 2 aliphatic carbocycles. The van der Waals surface area contributed by atoms with E-state index in [1.807, 2.05) is 12.2 Å². The summed E-state index contributed by atoms with van der Waals surface area (Å²) in [5.41, 5.74) is -0.241. The molecule has 8 atom stereocenters. The molecule has 42 heavy (non-hydrogen) atoms. The van der Waals surface area contributed by atoms with E-state index in [1.54, 1.807) is 18.2 Å². The minimum Gasteiger partial charge on any atom is -0.458 e. The summed E-state index contributed by atoms with van der Waals surface area (Å²) in [7, 11) is 0. The summed E-state index contributed by atoms with van der Waals surface area (Å²) < 4.78 is 23.7. The Labute approximate surface area is 250 Å². The van der Waals surface area contributed by atoms with Crippen LogP contribution in [0.15, 0.2) is 60.8 Å². The van der Waals surface area contributed by atoms with Crippen molar-refractivity contribution in [3.8, 4) is 0 Å². The summed E-state index contributed by atoms with van der Waals surface area (Å²) in [4.78, 5) is 37.7. The van der Waals surface area contributed by atoms with E-state index in [-0.39, 0.29) is 11.8 Å². The molecule has 2 fully saturated rings. The largest absolute Gasteiger partial charge is 0.458 e. The van der Waals surface area contributed by atoms with Crippen molar-refractivity contribution in [3.05, 3.63) is 60.8 Å². The van der Waals surface area contributed by atoms with E-state index in [0.717, 1.165) is 31.3 Å². The molecule has 1 aliphatic heterocycles. The Morgan fingerprint density at radius 2 is 1.83 bits per heavy atom. The van der Waals surface area contributed by atoms with Gasteiger partial charge in [-0.3, -0.25) is 14.3 Å². The molecule has 0 aromatic heterocycles. The van der Waals surface area contributed by atoms with Gasteiger partial charge in [0.1, 0.15) is 11.5 Å². The lowest BCUT2D eigenvalue weighted by molar-refractivity contribution is -0.257. The fourth-order valence-electron chi connectivity index (χ4n) is 7.06. The molecule has 1 saturated carbocycles. The van der Waals surface area contributed by atoms with Gasteiger partial charge in [-0.2, -0.15) is 0 Å². The number of aliphatic hydroxyl groups excluding tert-OH is 1. The lowest BCUT2D eigenvalue weighted by Gasteiger charge is -2.60. The summed E-state index contributed by atoms with van der Waals surface area (Å²) in [6, 6.07) is 0. The van der Waals surface area contributed by atoms with E-state index in [0.29, 0.717) is 31.3 Å². The number of carbonyl (C=O) groups is 3. The van der Waals surface area contributed by atoms with Crippen molar-refractivity contribution in [2.75, 3.05) is 0 Å². The Balaban J connectivity index is 2.07. The lowest BCUT2D eigenvalue weighted by atomic mass is 9.45. The number of rotatable bonds is 13. The van der Waals surface area contributed by atoms with Crippen molar-refractivity contribution in [2.45, 2.75) is 111 Å². The maximum Gasteiger partial charge on any atom is 0.331 e. The number of unbranched alkanes of at least 4 members (excludes halogenated alkanes) is 3. The molecule has 232 valence electrons. The number of esters is 3. The maximum atomic E-state index is 13.2. The molecular weight excluding hydrogens is 536 g/mol. The molecule has 8 heteroatoms. The zero-order valence-corrected chi connectivity index (χ0v) is 25.8. The van der Waals surface area contributed by atoms with Gasteiger partial charge in [0.15, 0.2) is 0 Å². The first-order chi connectivity index (χ1) is 19.9. The van der Waals surface area contributed by atoms with Crippen LogP contribution in [-0.4, -0.2) is 47.8 Å². The van der Waals surface area contributed by atoms with Crippen LogP contribution in [0.1, 0.15) is 86.0 Å². The number of carbonyl (C=O) groups excluding carboxylic acids is 3. The van der Waals surface area contributed by atoms with Crippen LogP contribution in [-0.2, 0) is 33.3 Å². The molecule has 1 saturated heterocycles. The summed E-state index contributed by atoms with van der Waals surface area (Å²) in [5.74, 6) is -2.02. The van der Waals surface area contributed by atoms with Crippen LogP contribution < -0.4 is 0 Å². The summed E-state index contributed by atoms with van der Waals surface area (Å²) >= 11 is 0. The Morgan fingerprint density at radius 3 is 2.48 bits per heavy atom. The minimum atomic E-state index is -1.20. The third kappa shape index (κ3) is 7.14. The highest BCUT2D eigenvalue weighted by molar-refractivity contribution is 5.82. The molecule has 3 rings (SSSR count). The Bertz CT molecular complexity index is 1120. The van der Waals surface area contributed by atoms with Crippen molar-refractivity contribution in [3.63, 3.8) is 0 Å². The van der Waals surface area contributed by atoms with Gasteiger partial charge in [-0.25, -0.2) is 4.79 Å². The fourth-order valence-corrected chi connectivity index (χ4v) is 7.06. The molecular formula is C34H48O8. The highest BCUT2D eigenvalue weighted by atomic mass is 16.8. The topological polar surface area (TPSA) is 108 Å². The number of allylic oxidation sites excluding steroid dienone is 5. The van der Waals surface area contributed by atoms with Crippen molar-refractivity contribution in [2.24, 2.45) is 22.7 Å². The average Bonchev–Trinajstić information content (AvgIpc) is 3.21. The SMILES string of the molecule is C=CC(=C)CC[C@]1(C)[C@H]2C[C@H](O)C=C3[C@H](OC(C)=O)O[C@H](OC(C)=O)[C@@]32[C@H](OC(=O)/C=C\C=C\CCCCC)C[C@@H]1C. The third-order valence-electron chi connectivity index (χ3n) is 9.37. The van der Waals surface area contributed by atoms with Gasteiger partial charge in [-0.05, 0) is 61.9 Å². The third-order valence-corrected chi connectivity index (χ3v) is 9.37. The van der Waals surface area contributed by atoms with Crippen LogP contribution in [0.5, 0.6) is 0 Å². The van der Waals surface area contributed by atoms with E-state index < -0.39 is 53.5 Å². The Kier molecular flexibility index (Phi) is 11.6. The highest BCUT2D eigenvalue weighted by Crippen LogP contribution is 2.67. The van der Waals surface area contributed by atoms with Crippen LogP contribution in [0.4, 0.5) is 0 Å². The lowest BCUT2D eigenvalue weighted by Crippen LogP contribution is -2.63. The second kappa shape index (κ2) is 14.5. The van der Waals surface area contributed by atoms with Gasteiger partial charge < -0.3 is 19.3 Å². The predicted octanol–water partition coefficient (Wildman–Crippen LogP) is 6.26. The van der Waals surface area contributed by atoms with E-state index in [4.69, 9.17) is 18.9 Å². The van der Waals surface area contributed by atoms with E-state index in [1.165, 1.54) is 19.9 Å². The minimum absolute atomic E-state index is 0.0447. The molecule has 1 spiro atoms. The average molecular weight is 585 g/mol. The van der Waals surface area contributed by atoms with Gasteiger partial charge in [0, 0.05) is 25.5 Å². The molecule has 1 heterocycles. The van der Waals surface area contributed by atoms with Gasteiger partial charge >= 0.3 is 17.9 Å². The zero-order valence-electron chi connectivity index (χ0n) is 25.8. The first-order valence-electron chi connectivity index (χ1n) is 15.1. The van der Waals surface area contributed by atoms with Gasteiger partial charge in [-0.1, -0.05) is 76.6 Å². The fraction of sp³-hybridized carbons (Fsp3) is 0.618. The molecule has 8 nitrogen and oxygen atoms in total. The Morgan fingerprint density at radius 1 is 1.12 bits per heavy atom. The van der Waals surface area contributed by atoms with Gasteiger partial charge in [0.25, 0.3) is 0 Å². The maximum absolute atomic E-state index is 13.2. The summed E-state index contributed by atoms with van der Waals surface area (Å²) in [5, 5.41) is 11.1. The normalized spacial score (nSPS) is 33.9. The second-order valence-corrected chi connectivity index (χ2v) is 12.1. The standard InChI is InChI=1S/C34H48O8/c1-8-10-11-12-13-14-15-16-30(38)41-29-19-23(4)33(7,18-17-22(3)9-2)28-21-26(37)20-27-31(39-24(5)35)42-32(34(27,28)29)40-25(6)36/h9,13-16,20,23,26,28-29,31-32,37H,2-3,8,10-12,17-19,21H2,1,4-7H3/b14-13+,16-15-/t23-,26+,28+,29+,31+,32-,33-,34-/m0/s1. The number of hydrogen-bond acceptors (Lipinski definition) is 8. The smallest absolute Gasteiger partial charge is 0.331 e. The molecule has 0 amide bonds. The number of aliphatic hydroxyl groups is 1. The van der Waals surface area contributed by atoms with Crippen molar-refractivity contribution in [1.82, 2.24) is 0 Å². The van der Waals surface area contributed by atoms with Crippen molar-refractivity contribution >= 4 is 17.9 Å². The zero-order chi connectivity index (χ0) is 31.1. The van der Waals surface area contributed by atoms with Crippen LogP contribution >= 0.6 is 0 Å². The van der Waals surface area contributed by atoms with Crippen LogP contribution in [0.2, 0.25) is 0 Å². The molecule has 3 aliphatic rings. The molecule has 1 N–H and O–H groups in total. The monoisotopic (exact) mass is 584 g/mol. The molecule has 0 bridgehead atoms. The highest BCUT2D eigenvalue weighted by Gasteiger charge is 2.72. The van der Waals surface area contributed by atoms with Crippen molar-refractivity contribution in [1.29, 1.82) is 0 Å². The summed E-state index contributed by atoms with van der Waals surface area (Å²) in [6.07, 6.45) is 12.7. The van der Waals surface area contributed by atoms with Gasteiger partial charge in [-0.15, -0.1) is 0 Å². The van der Waals surface area contributed by atoms with Gasteiger partial charge in [0.2, 0.25) is 12.6 Å². The molecule has 0 radical (unpaired) electrons. The van der Waals surface area contributed by atoms with Crippen LogP contribution in [0.3, 0.4) is 0 Å². The molecule has 0 aromatic carbocycles. The van der Waals surface area contributed by atoms with Crippen molar-refractivity contribution < 1.29 is 38.4 Å². The van der Waals surface area contributed by atoms with Crippen LogP contribution in [0, 0.1) is 22.7 Å². The van der Waals surface area contributed by atoms with E-state index in [2.05, 4.69) is 33.9 Å². The number of ether oxygens (including phenoxy) is 4. The molecule has 0 aromatic rings. The second-order valence-electron chi connectivity index (χ2n) is 12.1. The van der Waals surface area contributed by atoms with E-state index >= 15 is 0 Å². The number of hydrogen-bond donors (Lipinski definition) is 1. The Hall–Kier alpha value is -2.97. The first kappa shape index (κ1) is 33.5. The van der Waals surface area contributed by atoms with Crippen LogP contribution in [0.25, 0.3) is 0 Å². The van der Waals surface area contributed by atoms with Gasteiger partial charge in [0.05, 0.1) is 6.10 Å². The molecule has 0 unspecified atom stereocenters. The first-order valence-corrected chi connectivity index (χ1v) is 15.1. The summed E-state index contributed by atoms with van der Waals surface area (Å²) in [6.45, 7) is 16.9. The van der Waals surface area contributed by atoms with E-state index in [9.17, 15) is 19.5 Å².